The van der Waals surface area contributed by atoms with E-state index in [2.05, 4.69) is 151 Å². The first kappa shape index (κ1) is 23.8. The molecule has 0 aliphatic rings. The van der Waals surface area contributed by atoms with Gasteiger partial charge in [-0.1, -0.05) is 146 Å². The number of anilines is 2. The lowest BCUT2D eigenvalue weighted by molar-refractivity contribution is 1.29. The van der Waals surface area contributed by atoms with E-state index in [1.165, 1.54) is 22.3 Å². The van der Waals surface area contributed by atoms with E-state index >= 15 is 0 Å². The van der Waals surface area contributed by atoms with Crippen LogP contribution in [0.2, 0.25) is 0 Å². The van der Waals surface area contributed by atoms with Crippen molar-refractivity contribution in [3.8, 4) is 22.3 Å². The molecule has 0 saturated heterocycles. The molecule has 0 fully saturated rings. The van der Waals surface area contributed by atoms with Gasteiger partial charge in [0, 0.05) is 11.3 Å². The lowest BCUT2D eigenvalue weighted by atomic mass is 9.99. The van der Waals surface area contributed by atoms with E-state index in [4.69, 9.17) is 0 Å². The fourth-order valence-corrected chi connectivity index (χ4v) is 4.51. The summed E-state index contributed by atoms with van der Waals surface area (Å²) in [7, 11) is 0. The zero-order valence-electron chi connectivity index (χ0n) is 20.7. The average Bonchev–Trinajstić information content (AvgIpc) is 2.98. The van der Waals surface area contributed by atoms with Crippen molar-refractivity contribution in [1.29, 1.82) is 0 Å². The fourth-order valence-electron chi connectivity index (χ4n) is 4.51. The number of allylic oxidation sites excluding steroid dienone is 4. The van der Waals surface area contributed by atoms with Gasteiger partial charge < -0.3 is 4.90 Å². The van der Waals surface area contributed by atoms with E-state index in [0.717, 1.165) is 22.6 Å². The molecule has 0 amide bonds. The smallest absolute Gasteiger partial charge is 0.0540 e. The van der Waals surface area contributed by atoms with Gasteiger partial charge in [0.1, 0.15) is 0 Å². The Morgan fingerprint density at radius 3 is 1.70 bits per heavy atom. The molecule has 0 saturated carbocycles. The van der Waals surface area contributed by atoms with Gasteiger partial charge in [-0.25, -0.2) is 0 Å². The SMILES string of the molecule is C=CC=CC=C(c1ccccc1)N(c1ccc(-c2ccccc2)cc1)c1ccccc1-c1ccccc1. The zero-order chi connectivity index (χ0) is 25.3. The second-order valence-electron chi connectivity index (χ2n) is 8.67. The normalized spacial score (nSPS) is 11.4. The molecule has 0 heterocycles. The standard InChI is InChI=1S/C36H29N/c1-2-3-7-23-35(32-20-12-6-13-21-32)37(33-27-25-30(26-28-33)29-16-8-4-9-17-29)36-24-15-14-22-34(36)31-18-10-5-11-19-31/h2-28H,1H2. The number of nitrogens with zero attached hydrogens (tertiary/aromatic N) is 1. The molecule has 5 aromatic carbocycles. The van der Waals surface area contributed by atoms with Crippen molar-refractivity contribution in [2.75, 3.05) is 4.90 Å². The van der Waals surface area contributed by atoms with Crippen LogP contribution in [-0.4, -0.2) is 0 Å². The maximum atomic E-state index is 3.85. The molecule has 0 N–H and O–H groups in total. The maximum Gasteiger partial charge on any atom is 0.0540 e. The van der Waals surface area contributed by atoms with Gasteiger partial charge in [0.25, 0.3) is 0 Å². The molecule has 0 spiro atoms. The highest BCUT2D eigenvalue weighted by atomic mass is 15.2. The second kappa shape index (κ2) is 11.7. The van der Waals surface area contributed by atoms with Crippen LogP contribution >= 0.6 is 0 Å². The Bertz CT molecular complexity index is 1500. The number of hydrogen-bond acceptors (Lipinski definition) is 1. The summed E-state index contributed by atoms with van der Waals surface area (Å²) in [6, 6.07) is 49.0. The minimum absolute atomic E-state index is 1.08. The molecular formula is C36H29N. The minimum Gasteiger partial charge on any atom is -0.309 e. The van der Waals surface area contributed by atoms with Gasteiger partial charge in [-0.05, 0) is 46.5 Å². The first-order valence-corrected chi connectivity index (χ1v) is 12.5. The summed E-state index contributed by atoms with van der Waals surface area (Å²) in [6.07, 6.45) is 7.97. The molecule has 37 heavy (non-hydrogen) atoms. The zero-order valence-corrected chi connectivity index (χ0v) is 20.7. The lowest BCUT2D eigenvalue weighted by Crippen LogP contribution is -2.16. The third kappa shape index (κ3) is 5.52. The Morgan fingerprint density at radius 2 is 1.05 bits per heavy atom. The van der Waals surface area contributed by atoms with Gasteiger partial charge in [0.05, 0.1) is 11.4 Å². The molecule has 0 aromatic heterocycles. The van der Waals surface area contributed by atoms with Gasteiger partial charge in [-0.15, -0.1) is 0 Å². The minimum atomic E-state index is 1.08. The first-order valence-electron chi connectivity index (χ1n) is 12.5. The summed E-state index contributed by atoms with van der Waals surface area (Å²) in [5.41, 5.74) is 9.16. The molecule has 0 aliphatic heterocycles. The van der Waals surface area contributed by atoms with Crippen molar-refractivity contribution in [1.82, 2.24) is 0 Å². The van der Waals surface area contributed by atoms with Crippen molar-refractivity contribution in [2.45, 2.75) is 0 Å². The molecule has 0 aliphatic carbocycles. The quantitative estimate of drug-likeness (QED) is 0.202. The Morgan fingerprint density at radius 1 is 0.514 bits per heavy atom. The molecule has 5 rings (SSSR count). The van der Waals surface area contributed by atoms with Gasteiger partial charge in [-0.2, -0.15) is 0 Å². The number of benzene rings is 5. The molecule has 0 radical (unpaired) electrons. The Balaban J connectivity index is 1.72. The Hall–Kier alpha value is -4.88. The van der Waals surface area contributed by atoms with E-state index < -0.39 is 0 Å². The molecule has 0 atom stereocenters. The van der Waals surface area contributed by atoms with E-state index in [1.807, 2.05) is 18.2 Å². The van der Waals surface area contributed by atoms with Crippen LogP contribution in [0.3, 0.4) is 0 Å². The molecule has 0 bridgehead atoms. The molecule has 1 heteroatoms. The van der Waals surface area contributed by atoms with Gasteiger partial charge >= 0.3 is 0 Å². The van der Waals surface area contributed by atoms with E-state index in [0.29, 0.717) is 0 Å². The van der Waals surface area contributed by atoms with Crippen molar-refractivity contribution < 1.29 is 0 Å². The van der Waals surface area contributed by atoms with Gasteiger partial charge in [-0.3, -0.25) is 0 Å². The van der Waals surface area contributed by atoms with Crippen LogP contribution in [0.5, 0.6) is 0 Å². The summed E-state index contributed by atoms with van der Waals surface area (Å²) in [5, 5.41) is 0. The van der Waals surface area contributed by atoms with E-state index in [-0.39, 0.29) is 0 Å². The van der Waals surface area contributed by atoms with Gasteiger partial charge in [0.15, 0.2) is 0 Å². The molecular weight excluding hydrogens is 446 g/mol. The fraction of sp³-hybridized carbons (Fsp3) is 0. The summed E-state index contributed by atoms with van der Waals surface area (Å²) in [6.45, 7) is 3.85. The Kier molecular flexibility index (Phi) is 7.54. The van der Waals surface area contributed by atoms with Crippen LogP contribution in [0.1, 0.15) is 5.56 Å². The van der Waals surface area contributed by atoms with Crippen LogP contribution in [0.4, 0.5) is 11.4 Å². The number of rotatable bonds is 8. The average molecular weight is 476 g/mol. The van der Waals surface area contributed by atoms with Gasteiger partial charge in [0.2, 0.25) is 0 Å². The summed E-state index contributed by atoms with van der Waals surface area (Å²) < 4.78 is 0. The summed E-state index contributed by atoms with van der Waals surface area (Å²) in [4.78, 5) is 2.35. The second-order valence-corrected chi connectivity index (χ2v) is 8.67. The summed E-state index contributed by atoms with van der Waals surface area (Å²) >= 11 is 0. The summed E-state index contributed by atoms with van der Waals surface area (Å²) in [5.74, 6) is 0. The highest BCUT2D eigenvalue weighted by Gasteiger charge is 2.20. The highest BCUT2D eigenvalue weighted by Crippen LogP contribution is 2.41. The van der Waals surface area contributed by atoms with Crippen molar-refractivity contribution in [2.24, 2.45) is 0 Å². The van der Waals surface area contributed by atoms with Crippen LogP contribution in [-0.2, 0) is 0 Å². The largest absolute Gasteiger partial charge is 0.309 e. The monoisotopic (exact) mass is 475 g/mol. The van der Waals surface area contributed by atoms with Crippen LogP contribution in [0, 0.1) is 0 Å². The van der Waals surface area contributed by atoms with Crippen LogP contribution < -0.4 is 4.90 Å². The van der Waals surface area contributed by atoms with Crippen LogP contribution in [0.25, 0.3) is 28.0 Å². The third-order valence-corrected chi connectivity index (χ3v) is 6.27. The van der Waals surface area contributed by atoms with Crippen molar-refractivity contribution in [3.63, 3.8) is 0 Å². The number of para-hydroxylation sites is 1. The third-order valence-electron chi connectivity index (χ3n) is 6.27. The molecule has 5 aromatic rings. The topological polar surface area (TPSA) is 3.24 Å². The van der Waals surface area contributed by atoms with E-state index in [1.54, 1.807) is 6.08 Å². The Labute approximate surface area is 220 Å². The van der Waals surface area contributed by atoms with Crippen LogP contribution in [0.15, 0.2) is 170 Å². The van der Waals surface area contributed by atoms with Crippen molar-refractivity contribution >= 4 is 17.1 Å². The lowest BCUT2D eigenvalue weighted by Gasteiger charge is -2.30. The predicted octanol–water partition coefficient (Wildman–Crippen LogP) is 9.94. The number of hydrogen-bond donors (Lipinski definition) is 0. The maximum absolute atomic E-state index is 3.85. The van der Waals surface area contributed by atoms with E-state index in [9.17, 15) is 0 Å². The molecule has 0 unspecified atom stereocenters. The van der Waals surface area contributed by atoms with Crippen molar-refractivity contribution in [3.05, 3.63) is 176 Å². The first-order chi connectivity index (χ1) is 18.3. The highest BCUT2D eigenvalue weighted by molar-refractivity contribution is 5.94. The molecule has 178 valence electrons. The molecule has 1 nitrogen and oxygen atoms in total. The predicted molar refractivity (Wildman–Crippen MR) is 160 cm³/mol.